The van der Waals surface area contributed by atoms with E-state index in [4.69, 9.17) is 0 Å². The van der Waals surface area contributed by atoms with Crippen molar-refractivity contribution in [3.05, 3.63) is 91.8 Å². The first-order valence-corrected chi connectivity index (χ1v) is 19.2. The minimum absolute atomic E-state index is 0.0574. The largest absolute Gasteiger partial charge is 0.380 e. The molecule has 4 fully saturated rings. The molecule has 0 radical (unpaired) electrons. The third kappa shape index (κ3) is 7.51. The van der Waals surface area contributed by atoms with Gasteiger partial charge in [0, 0.05) is 76.2 Å². The summed E-state index contributed by atoms with van der Waals surface area (Å²) in [6, 6.07) is 16.8. The summed E-state index contributed by atoms with van der Waals surface area (Å²) >= 11 is 3.47. The first-order valence-electron chi connectivity index (χ1n) is 18.4. The highest BCUT2D eigenvalue weighted by Crippen LogP contribution is 2.43. The minimum atomic E-state index is -0.260. The molecule has 0 bridgehead atoms. The molecular weight excluding hydrogens is 708 g/mol. The van der Waals surface area contributed by atoms with Gasteiger partial charge < -0.3 is 24.6 Å². The van der Waals surface area contributed by atoms with Gasteiger partial charge in [0.15, 0.2) is 0 Å². The normalized spacial score (nSPS) is 24.0. The van der Waals surface area contributed by atoms with Crippen molar-refractivity contribution in [1.82, 2.24) is 19.7 Å². The molecule has 4 aliphatic heterocycles. The highest BCUT2D eigenvalue weighted by Gasteiger charge is 2.39. The van der Waals surface area contributed by atoms with E-state index in [2.05, 4.69) is 80.7 Å². The van der Waals surface area contributed by atoms with Crippen LogP contribution in [0.25, 0.3) is 0 Å². The van der Waals surface area contributed by atoms with Gasteiger partial charge in [-0.05, 0) is 127 Å². The van der Waals surface area contributed by atoms with E-state index in [-0.39, 0.29) is 40.7 Å². The van der Waals surface area contributed by atoms with Crippen molar-refractivity contribution in [3.63, 3.8) is 0 Å². The van der Waals surface area contributed by atoms with Crippen LogP contribution in [0, 0.1) is 12.3 Å². The number of hydrogen-bond acceptors (Lipinski definition) is 7. The van der Waals surface area contributed by atoms with Crippen molar-refractivity contribution in [2.45, 2.75) is 69.7 Å². The second-order valence-corrected chi connectivity index (χ2v) is 16.2. The molecule has 4 saturated heterocycles. The molecule has 11 heteroatoms. The molecular formula is C40H49BrN6O4. The van der Waals surface area contributed by atoms with E-state index in [0.717, 1.165) is 93.8 Å². The van der Waals surface area contributed by atoms with Crippen LogP contribution in [0.5, 0.6) is 0 Å². The highest BCUT2D eigenvalue weighted by molar-refractivity contribution is 9.10. The van der Waals surface area contributed by atoms with E-state index in [1.807, 2.05) is 23.1 Å². The fourth-order valence-electron chi connectivity index (χ4n) is 8.84. The number of aryl methyl sites for hydroxylation is 2. The van der Waals surface area contributed by atoms with Crippen LogP contribution < -0.4 is 21.1 Å². The summed E-state index contributed by atoms with van der Waals surface area (Å²) in [7, 11) is 3.88. The number of anilines is 2. The highest BCUT2D eigenvalue weighted by atomic mass is 79.9. The first-order chi connectivity index (χ1) is 24.5. The zero-order valence-electron chi connectivity index (χ0n) is 29.9. The van der Waals surface area contributed by atoms with Gasteiger partial charge in [-0.1, -0.05) is 18.2 Å². The Morgan fingerprint density at radius 1 is 0.922 bits per heavy atom. The van der Waals surface area contributed by atoms with E-state index in [0.29, 0.717) is 23.2 Å². The predicted octanol–water partition coefficient (Wildman–Crippen LogP) is 5.40. The molecule has 51 heavy (non-hydrogen) atoms. The number of nitrogens with one attached hydrogen (secondary N) is 2. The Balaban J connectivity index is 0.911. The number of pyridine rings is 1. The maximum absolute atomic E-state index is 13.6. The molecule has 10 nitrogen and oxygen atoms in total. The molecule has 1 unspecified atom stereocenters. The van der Waals surface area contributed by atoms with Crippen LogP contribution in [-0.4, -0.2) is 84.4 Å². The lowest BCUT2D eigenvalue weighted by atomic mass is 9.71. The van der Waals surface area contributed by atoms with Gasteiger partial charge in [-0.25, -0.2) is 0 Å². The van der Waals surface area contributed by atoms with Gasteiger partial charge in [-0.15, -0.1) is 0 Å². The van der Waals surface area contributed by atoms with Gasteiger partial charge in [-0.3, -0.25) is 24.5 Å². The van der Waals surface area contributed by atoms with E-state index in [9.17, 15) is 19.2 Å². The monoisotopic (exact) mass is 756 g/mol. The number of benzene rings is 2. The molecule has 3 atom stereocenters. The van der Waals surface area contributed by atoms with Crippen molar-refractivity contribution in [2.75, 3.05) is 56.5 Å². The van der Waals surface area contributed by atoms with Gasteiger partial charge >= 0.3 is 0 Å². The quantitative estimate of drug-likeness (QED) is 0.325. The zero-order chi connectivity index (χ0) is 35.9. The second-order valence-electron chi connectivity index (χ2n) is 15.4. The lowest BCUT2D eigenvalue weighted by Crippen LogP contribution is -2.48. The number of aromatic nitrogens is 1. The summed E-state index contributed by atoms with van der Waals surface area (Å²) in [4.78, 5) is 56.9. The average Bonchev–Trinajstić information content (AvgIpc) is 3.12. The maximum atomic E-state index is 13.6. The molecule has 3 aromatic rings. The van der Waals surface area contributed by atoms with E-state index in [1.165, 1.54) is 11.3 Å². The summed E-state index contributed by atoms with van der Waals surface area (Å²) in [5, 5.41) is 6.07. The number of likely N-dealkylation sites (tertiary alicyclic amines) is 2. The van der Waals surface area contributed by atoms with Crippen molar-refractivity contribution < 1.29 is 14.4 Å². The number of carbonyl (C=O) groups is 3. The lowest BCUT2D eigenvalue weighted by Gasteiger charge is -2.47. The maximum Gasteiger partial charge on any atom is 0.266 e. The lowest BCUT2D eigenvalue weighted by molar-refractivity contribution is -0.134. The number of rotatable bonds is 6. The number of piperidine rings is 4. The Morgan fingerprint density at radius 2 is 1.63 bits per heavy atom. The van der Waals surface area contributed by atoms with Gasteiger partial charge in [0.2, 0.25) is 11.8 Å². The summed E-state index contributed by atoms with van der Waals surface area (Å²) in [6.07, 6.45) is 7.98. The number of imide groups is 1. The number of halogens is 1. The summed E-state index contributed by atoms with van der Waals surface area (Å²) in [5.74, 6) is -0.186. The zero-order valence-corrected chi connectivity index (χ0v) is 31.5. The van der Waals surface area contributed by atoms with Crippen LogP contribution in [0.15, 0.2) is 64.0 Å². The number of likely N-dealkylation sites (N-methyl/N-ethyl adjacent to an activating group) is 1. The average molecular weight is 758 g/mol. The third-order valence-corrected chi connectivity index (χ3v) is 12.8. The molecule has 1 spiro atoms. The standard InChI is InChI=1S/C40H49BrN6O4/c1-26-22-31(8-9-32(26)33-10-11-35(48)43-37(33)49)46-18-13-40(14-19-46)15-20-47(21-16-40)38(50)28-6-4-27(5-7-28)29-23-30(25-44(2)24-29)42-34-12-17-45(3)39(51)36(34)41/h4-9,12,17,22,29-30,33,42H,10-11,13-16,18-21,23-25H2,1-3H3,(H,43,48,49)/t29-,30+,33?/m0/s1. The number of amides is 3. The van der Waals surface area contributed by atoms with E-state index >= 15 is 0 Å². The molecule has 1 aromatic heterocycles. The van der Waals surface area contributed by atoms with Crippen molar-refractivity contribution >= 4 is 45.0 Å². The molecule has 0 saturated carbocycles. The van der Waals surface area contributed by atoms with Crippen LogP contribution in [0.1, 0.15) is 83.8 Å². The molecule has 4 aliphatic rings. The molecule has 7 rings (SSSR count). The van der Waals surface area contributed by atoms with Crippen molar-refractivity contribution in [2.24, 2.45) is 12.5 Å². The molecule has 270 valence electrons. The Hall–Kier alpha value is -3.96. The summed E-state index contributed by atoms with van der Waals surface area (Å²) < 4.78 is 2.12. The van der Waals surface area contributed by atoms with Gasteiger partial charge in [0.1, 0.15) is 4.47 Å². The fraction of sp³-hybridized carbons (Fsp3) is 0.500. The van der Waals surface area contributed by atoms with Crippen LogP contribution >= 0.6 is 15.9 Å². The number of carbonyl (C=O) groups excluding carboxylic acids is 3. The van der Waals surface area contributed by atoms with Gasteiger partial charge in [0.25, 0.3) is 11.5 Å². The van der Waals surface area contributed by atoms with Crippen molar-refractivity contribution in [3.8, 4) is 0 Å². The van der Waals surface area contributed by atoms with E-state index in [1.54, 1.807) is 17.8 Å². The van der Waals surface area contributed by atoms with Crippen LogP contribution in [0.4, 0.5) is 11.4 Å². The summed E-state index contributed by atoms with van der Waals surface area (Å²) in [5.41, 5.74) is 6.33. The topological polar surface area (TPSA) is 107 Å². The summed E-state index contributed by atoms with van der Waals surface area (Å²) in [6.45, 7) is 7.46. The Bertz CT molecular complexity index is 1860. The number of hydrogen-bond donors (Lipinski definition) is 2. The first kappa shape index (κ1) is 35.4. The predicted molar refractivity (Wildman–Crippen MR) is 203 cm³/mol. The van der Waals surface area contributed by atoms with Crippen molar-refractivity contribution in [1.29, 1.82) is 0 Å². The SMILES string of the molecule is Cc1cc(N2CCC3(CCN(C(=O)c4ccc([C@H]5C[C@@H](Nc6ccn(C)c(=O)c6Br)CN(C)C5)cc4)CC3)CC2)ccc1C1CCC(=O)NC1=O. The van der Waals surface area contributed by atoms with E-state index < -0.39 is 0 Å². The molecule has 3 amide bonds. The Morgan fingerprint density at radius 3 is 2.31 bits per heavy atom. The molecule has 2 N–H and O–H groups in total. The smallest absolute Gasteiger partial charge is 0.266 e. The van der Waals surface area contributed by atoms with Crippen LogP contribution in [0.3, 0.4) is 0 Å². The van der Waals surface area contributed by atoms with Gasteiger partial charge in [0.05, 0.1) is 11.6 Å². The molecule has 5 heterocycles. The Kier molecular flexibility index (Phi) is 10.1. The Labute approximate surface area is 308 Å². The molecule has 2 aromatic carbocycles. The van der Waals surface area contributed by atoms with Crippen LogP contribution in [0.2, 0.25) is 0 Å². The number of nitrogens with zero attached hydrogens (tertiary/aromatic N) is 4. The fourth-order valence-corrected chi connectivity index (χ4v) is 9.36. The molecule has 0 aliphatic carbocycles. The van der Waals surface area contributed by atoms with Crippen LogP contribution in [-0.2, 0) is 16.6 Å². The third-order valence-electron chi connectivity index (χ3n) is 12.0. The van der Waals surface area contributed by atoms with Gasteiger partial charge in [-0.2, -0.15) is 0 Å². The minimum Gasteiger partial charge on any atom is -0.380 e. The second kappa shape index (κ2) is 14.6.